The molecule has 7 nitrogen and oxygen atoms in total. The molecule has 1 fully saturated rings. The summed E-state index contributed by atoms with van der Waals surface area (Å²) in [5.74, 6) is 0.106. The predicted octanol–water partition coefficient (Wildman–Crippen LogP) is 3.35. The summed E-state index contributed by atoms with van der Waals surface area (Å²) in [6.07, 6.45) is 2.47. The van der Waals surface area contributed by atoms with Crippen LogP contribution in [0.4, 0.5) is 21.6 Å². The maximum atomic E-state index is 14.0. The number of methoxy groups -OCH3 is 1. The molecule has 2 N–H and O–H groups in total. The molecule has 0 radical (unpaired) electrons. The molecule has 1 aliphatic heterocycles. The number of nitrogens with one attached hydrogen (secondary N) is 1. The van der Waals surface area contributed by atoms with E-state index >= 15 is 0 Å². The molecule has 0 saturated carbocycles. The van der Waals surface area contributed by atoms with Crippen LogP contribution < -0.4 is 15.0 Å². The number of rotatable bonds is 4. The van der Waals surface area contributed by atoms with Crippen LogP contribution in [0.25, 0.3) is 10.9 Å². The van der Waals surface area contributed by atoms with Crippen molar-refractivity contribution in [3.8, 4) is 11.8 Å². The fourth-order valence-corrected chi connectivity index (χ4v) is 3.54. The summed E-state index contributed by atoms with van der Waals surface area (Å²) < 4.78 is 19.0. The van der Waals surface area contributed by atoms with E-state index in [1.165, 1.54) is 19.5 Å². The van der Waals surface area contributed by atoms with Gasteiger partial charge in [-0.1, -0.05) is 0 Å². The molecule has 0 bridgehead atoms. The van der Waals surface area contributed by atoms with Gasteiger partial charge in [-0.15, -0.1) is 0 Å². The van der Waals surface area contributed by atoms with Crippen molar-refractivity contribution in [2.24, 2.45) is 0 Å². The van der Waals surface area contributed by atoms with Crippen LogP contribution in [0.1, 0.15) is 18.4 Å². The molecule has 2 aromatic carbocycles. The fourth-order valence-electron chi connectivity index (χ4n) is 3.54. The average Bonchev–Trinajstić information content (AvgIpc) is 2.74. The van der Waals surface area contributed by atoms with E-state index in [2.05, 4.69) is 26.3 Å². The Morgan fingerprint density at radius 2 is 2.03 bits per heavy atom. The number of nitriles is 1. The minimum absolute atomic E-state index is 0.107. The molecule has 0 amide bonds. The number of hydrogen-bond donors (Lipinski definition) is 2. The van der Waals surface area contributed by atoms with Crippen molar-refractivity contribution in [2.45, 2.75) is 18.9 Å². The molecule has 2 heterocycles. The maximum Gasteiger partial charge on any atom is 0.167 e. The highest BCUT2D eigenvalue weighted by Gasteiger charge is 2.20. The van der Waals surface area contributed by atoms with Crippen LogP contribution in [-0.2, 0) is 0 Å². The molecule has 8 heteroatoms. The van der Waals surface area contributed by atoms with Crippen molar-refractivity contribution in [3.05, 3.63) is 48.0 Å². The van der Waals surface area contributed by atoms with E-state index in [9.17, 15) is 14.8 Å². The minimum Gasteiger partial charge on any atom is -0.494 e. The molecule has 3 aromatic rings. The van der Waals surface area contributed by atoms with Gasteiger partial charge in [0.25, 0.3) is 0 Å². The van der Waals surface area contributed by atoms with Gasteiger partial charge in [0.15, 0.2) is 11.6 Å². The normalized spacial score (nSPS) is 14.6. The lowest BCUT2D eigenvalue weighted by molar-refractivity contribution is 0.145. The molecule has 0 aliphatic carbocycles. The molecule has 0 unspecified atom stereocenters. The minimum atomic E-state index is -0.493. The summed E-state index contributed by atoms with van der Waals surface area (Å²) in [6.45, 7) is 1.43. The van der Waals surface area contributed by atoms with Crippen molar-refractivity contribution in [1.82, 2.24) is 9.97 Å². The van der Waals surface area contributed by atoms with Crippen molar-refractivity contribution in [1.29, 1.82) is 5.26 Å². The SMILES string of the molecule is COc1cc2c(Nc3ccc(N4CCC(O)CC4)c(C#N)c3)ncnc2cc1F. The van der Waals surface area contributed by atoms with Crippen LogP contribution >= 0.6 is 0 Å². The summed E-state index contributed by atoms with van der Waals surface area (Å²) in [4.78, 5) is 10.5. The summed E-state index contributed by atoms with van der Waals surface area (Å²) in [5, 5.41) is 23.1. The van der Waals surface area contributed by atoms with Crippen LogP contribution in [-0.4, -0.2) is 41.4 Å². The number of ether oxygens (including phenoxy) is 1. The quantitative estimate of drug-likeness (QED) is 0.702. The Kier molecular flexibility index (Phi) is 5.14. The summed E-state index contributed by atoms with van der Waals surface area (Å²) in [5.41, 5.74) is 2.52. The van der Waals surface area contributed by atoms with Crippen molar-refractivity contribution >= 4 is 28.1 Å². The van der Waals surface area contributed by atoms with Crippen LogP contribution in [0.3, 0.4) is 0 Å². The van der Waals surface area contributed by atoms with Crippen LogP contribution in [0.2, 0.25) is 0 Å². The van der Waals surface area contributed by atoms with E-state index in [-0.39, 0.29) is 11.9 Å². The van der Waals surface area contributed by atoms with Gasteiger partial charge in [-0.05, 0) is 37.1 Å². The van der Waals surface area contributed by atoms with E-state index in [4.69, 9.17) is 4.74 Å². The van der Waals surface area contributed by atoms with Gasteiger partial charge >= 0.3 is 0 Å². The fraction of sp³-hybridized carbons (Fsp3) is 0.286. The molecule has 1 aromatic heterocycles. The Labute approximate surface area is 167 Å². The van der Waals surface area contributed by atoms with E-state index < -0.39 is 5.82 Å². The summed E-state index contributed by atoms with van der Waals surface area (Å²) >= 11 is 0. The first kappa shape index (κ1) is 18.9. The first-order chi connectivity index (χ1) is 14.1. The van der Waals surface area contributed by atoms with Gasteiger partial charge in [-0.3, -0.25) is 0 Å². The lowest BCUT2D eigenvalue weighted by Crippen LogP contribution is -2.36. The lowest BCUT2D eigenvalue weighted by atomic mass is 10.0. The number of aromatic nitrogens is 2. The molecule has 4 rings (SSSR count). The number of benzene rings is 2. The first-order valence-corrected chi connectivity index (χ1v) is 9.31. The zero-order valence-electron chi connectivity index (χ0n) is 15.9. The van der Waals surface area contributed by atoms with E-state index in [1.807, 2.05) is 12.1 Å². The number of aliphatic hydroxyl groups is 1. The van der Waals surface area contributed by atoms with Gasteiger partial charge in [0, 0.05) is 30.2 Å². The van der Waals surface area contributed by atoms with Gasteiger partial charge in [-0.2, -0.15) is 5.26 Å². The Bertz CT molecular complexity index is 1090. The number of nitrogens with zero attached hydrogens (tertiary/aromatic N) is 4. The van der Waals surface area contributed by atoms with Crippen LogP contribution in [0.15, 0.2) is 36.7 Å². The molecule has 0 spiro atoms. The Hall–Kier alpha value is -3.44. The molecule has 0 atom stereocenters. The molecule has 1 aliphatic rings. The highest BCUT2D eigenvalue weighted by atomic mass is 19.1. The topological polar surface area (TPSA) is 94.3 Å². The van der Waals surface area contributed by atoms with Crippen molar-refractivity contribution in [2.75, 3.05) is 30.4 Å². The Balaban J connectivity index is 1.66. The monoisotopic (exact) mass is 393 g/mol. The Morgan fingerprint density at radius 1 is 1.24 bits per heavy atom. The van der Waals surface area contributed by atoms with Crippen LogP contribution in [0.5, 0.6) is 5.75 Å². The zero-order chi connectivity index (χ0) is 20.4. The Morgan fingerprint density at radius 3 is 2.76 bits per heavy atom. The largest absolute Gasteiger partial charge is 0.494 e. The number of aliphatic hydroxyl groups excluding tert-OH is 1. The standard InChI is InChI=1S/C21H20FN5O2/c1-29-20-9-16-18(10-17(20)22)24-12-25-21(16)26-14-2-3-19(13(8-14)11-23)27-6-4-15(28)5-7-27/h2-3,8-10,12,15,28H,4-7H2,1H3,(H,24,25,26). The number of fused-ring (bicyclic) bond motifs is 1. The smallest absolute Gasteiger partial charge is 0.167 e. The lowest BCUT2D eigenvalue weighted by Gasteiger charge is -2.32. The third-order valence-electron chi connectivity index (χ3n) is 5.09. The molecule has 148 valence electrons. The van der Waals surface area contributed by atoms with Gasteiger partial charge in [0.2, 0.25) is 0 Å². The number of piperidine rings is 1. The van der Waals surface area contributed by atoms with Gasteiger partial charge in [0.05, 0.1) is 30.0 Å². The van der Waals surface area contributed by atoms with E-state index in [0.29, 0.717) is 53.9 Å². The second-order valence-electron chi connectivity index (χ2n) is 6.91. The molecular weight excluding hydrogens is 373 g/mol. The number of hydrogen-bond acceptors (Lipinski definition) is 7. The third kappa shape index (κ3) is 3.77. The van der Waals surface area contributed by atoms with Gasteiger partial charge in [-0.25, -0.2) is 14.4 Å². The summed E-state index contributed by atoms with van der Waals surface area (Å²) in [7, 11) is 1.40. The maximum absolute atomic E-state index is 14.0. The van der Waals surface area contributed by atoms with Gasteiger partial charge < -0.3 is 20.1 Å². The third-order valence-corrected chi connectivity index (χ3v) is 5.09. The highest BCUT2D eigenvalue weighted by molar-refractivity contribution is 5.92. The molecule has 29 heavy (non-hydrogen) atoms. The predicted molar refractivity (Wildman–Crippen MR) is 108 cm³/mol. The van der Waals surface area contributed by atoms with E-state index in [1.54, 1.807) is 12.1 Å². The molecule has 1 saturated heterocycles. The van der Waals surface area contributed by atoms with Crippen LogP contribution in [0, 0.1) is 17.1 Å². The number of halogens is 1. The first-order valence-electron chi connectivity index (χ1n) is 9.31. The van der Waals surface area contributed by atoms with Gasteiger partial charge in [0.1, 0.15) is 18.2 Å². The van der Waals surface area contributed by atoms with Crippen molar-refractivity contribution in [3.63, 3.8) is 0 Å². The van der Waals surface area contributed by atoms with E-state index in [0.717, 1.165) is 5.69 Å². The second kappa shape index (κ2) is 7.89. The molecular formula is C21H20FN5O2. The zero-order valence-corrected chi connectivity index (χ0v) is 15.9. The number of anilines is 3. The highest BCUT2D eigenvalue weighted by Crippen LogP contribution is 2.31. The van der Waals surface area contributed by atoms with Crippen molar-refractivity contribution < 1.29 is 14.2 Å². The summed E-state index contributed by atoms with van der Waals surface area (Å²) in [6, 6.07) is 10.6. The second-order valence-corrected chi connectivity index (χ2v) is 6.91. The average molecular weight is 393 g/mol.